The normalized spacial score (nSPS) is 12.2. The summed E-state index contributed by atoms with van der Waals surface area (Å²) < 4.78 is 26.5. The van der Waals surface area contributed by atoms with E-state index in [0.29, 0.717) is 34.3 Å². The van der Waals surface area contributed by atoms with Gasteiger partial charge in [0.05, 0.1) is 11.9 Å². The van der Waals surface area contributed by atoms with E-state index in [1.807, 2.05) is 13.8 Å². The van der Waals surface area contributed by atoms with Crippen LogP contribution >= 0.6 is 23.2 Å². The number of aryl methyl sites for hydroxylation is 1. The van der Waals surface area contributed by atoms with Gasteiger partial charge in [-0.15, -0.1) is 0 Å². The Labute approximate surface area is 218 Å². The maximum absolute atomic E-state index is 13.7. The van der Waals surface area contributed by atoms with Crippen molar-refractivity contribution < 1.29 is 18.0 Å². The molecule has 0 heterocycles. The molecule has 0 aliphatic heterocycles. The van der Waals surface area contributed by atoms with Crippen molar-refractivity contribution in [2.75, 3.05) is 23.7 Å². The Morgan fingerprint density at radius 2 is 1.66 bits per heavy atom. The van der Waals surface area contributed by atoms with Gasteiger partial charge in [0.2, 0.25) is 21.8 Å². The molecule has 0 saturated heterocycles. The van der Waals surface area contributed by atoms with E-state index < -0.39 is 28.5 Å². The molecule has 0 saturated carbocycles. The Morgan fingerprint density at radius 1 is 1.03 bits per heavy atom. The van der Waals surface area contributed by atoms with Crippen molar-refractivity contribution in [1.29, 1.82) is 0 Å². The number of anilines is 1. The zero-order chi connectivity index (χ0) is 26.2. The standard InChI is InChI=1S/C25H33Cl2N3O4S/c1-5-7-14-28-25(32)22(6-2)29(16-19-9-12-20(26)13-10-19)24(31)17-30(35(4,33)34)23-15-21(27)11-8-18(23)3/h8-13,15,22H,5-7,14,16-17H2,1-4H3,(H,28,32)/t22-/m0/s1. The van der Waals surface area contributed by atoms with Crippen LogP contribution in [0.4, 0.5) is 5.69 Å². The van der Waals surface area contributed by atoms with Gasteiger partial charge in [-0.25, -0.2) is 8.42 Å². The maximum Gasteiger partial charge on any atom is 0.244 e. The lowest BCUT2D eigenvalue weighted by atomic mass is 10.1. The Balaban J connectivity index is 2.43. The van der Waals surface area contributed by atoms with Crippen molar-refractivity contribution >= 4 is 50.7 Å². The van der Waals surface area contributed by atoms with Crippen LogP contribution in [0, 0.1) is 6.92 Å². The molecule has 2 aromatic rings. The molecule has 7 nitrogen and oxygen atoms in total. The highest BCUT2D eigenvalue weighted by Gasteiger charge is 2.32. The number of rotatable bonds is 12. The third-order valence-corrected chi connectivity index (χ3v) is 7.21. The quantitative estimate of drug-likeness (QED) is 0.391. The van der Waals surface area contributed by atoms with Crippen molar-refractivity contribution in [3.8, 4) is 0 Å². The number of carbonyl (C=O) groups is 2. The van der Waals surface area contributed by atoms with Crippen molar-refractivity contribution in [2.24, 2.45) is 0 Å². The van der Waals surface area contributed by atoms with E-state index >= 15 is 0 Å². The van der Waals surface area contributed by atoms with Crippen LogP contribution in [0.2, 0.25) is 10.0 Å². The summed E-state index contributed by atoms with van der Waals surface area (Å²) in [5, 5.41) is 3.80. The zero-order valence-electron chi connectivity index (χ0n) is 20.6. The molecule has 35 heavy (non-hydrogen) atoms. The first-order chi connectivity index (χ1) is 16.5. The summed E-state index contributed by atoms with van der Waals surface area (Å²) in [6.07, 6.45) is 3.15. The summed E-state index contributed by atoms with van der Waals surface area (Å²) in [6, 6.07) is 11.1. The van der Waals surface area contributed by atoms with E-state index in [4.69, 9.17) is 23.2 Å². The highest BCUT2D eigenvalue weighted by molar-refractivity contribution is 7.92. The molecule has 1 atom stereocenters. The van der Waals surface area contributed by atoms with E-state index in [1.54, 1.807) is 43.3 Å². The van der Waals surface area contributed by atoms with Crippen LogP contribution in [-0.2, 0) is 26.2 Å². The van der Waals surface area contributed by atoms with E-state index in [0.717, 1.165) is 29.0 Å². The minimum Gasteiger partial charge on any atom is -0.354 e. The number of hydrogen-bond donors (Lipinski definition) is 1. The average molecular weight is 543 g/mol. The molecule has 192 valence electrons. The van der Waals surface area contributed by atoms with Crippen LogP contribution in [0.25, 0.3) is 0 Å². The second-order valence-electron chi connectivity index (χ2n) is 8.42. The van der Waals surface area contributed by atoms with Crippen molar-refractivity contribution in [2.45, 2.75) is 52.6 Å². The van der Waals surface area contributed by atoms with Crippen LogP contribution in [-0.4, -0.2) is 50.5 Å². The van der Waals surface area contributed by atoms with Gasteiger partial charge in [-0.05, 0) is 55.2 Å². The van der Waals surface area contributed by atoms with Crippen molar-refractivity contribution in [3.05, 3.63) is 63.6 Å². The predicted molar refractivity (Wildman–Crippen MR) is 142 cm³/mol. The first kappa shape index (κ1) is 28.9. The van der Waals surface area contributed by atoms with Gasteiger partial charge in [0, 0.05) is 23.1 Å². The second kappa shape index (κ2) is 13.1. The highest BCUT2D eigenvalue weighted by Crippen LogP contribution is 2.27. The van der Waals surface area contributed by atoms with Crippen LogP contribution in [0.15, 0.2) is 42.5 Å². The SMILES string of the molecule is CCCCNC(=O)[C@H](CC)N(Cc1ccc(Cl)cc1)C(=O)CN(c1cc(Cl)ccc1C)S(C)(=O)=O. The molecule has 0 radical (unpaired) electrons. The van der Waals surface area contributed by atoms with Gasteiger partial charge in [0.25, 0.3) is 0 Å². The summed E-state index contributed by atoms with van der Waals surface area (Å²) >= 11 is 12.1. The maximum atomic E-state index is 13.7. The Kier molecular flexibility index (Phi) is 10.9. The van der Waals surface area contributed by atoms with Gasteiger partial charge in [0.1, 0.15) is 12.6 Å². The predicted octanol–water partition coefficient (Wildman–Crippen LogP) is 4.79. The summed E-state index contributed by atoms with van der Waals surface area (Å²) in [5.74, 6) is -0.768. The molecule has 2 rings (SSSR count). The number of carbonyl (C=O) groups excluding carboxylic acids is 2. The lowest BCUT2D eigenvalue weighted by Gasteiger charge is -2.33. The summed E-state index contributed by atoms with van der Waals surface area (Å²) in [4.78, 5) is 28.1. The van der Waals surface area contributed by atoms with E-state index in [1.165, 1.54) is 11.0 Å². The Morgan fingerprint density at radius 3 is 2.23 bits per heavy atom. The molecule has 0 bridgehead atoms. The number of benzene rings is 2. The molecular formula is C25H33Cl2N3O4S. The topological polar surface area (TPSA) is 86.8 Å². The summed E-state index contributed by atoms with van der Waals surface area (Å²) in [7, 11) is -3.83. The van der Waals surface area contributed by atoms with Crippen molar-refractivity contribution in [1.82, 2.24) is 10.2 Å². The third kappa shape index (κ3) is 8.40. The minimum atomic E-state index is -3.83. The van der Waals surface area contributed by atoms with Gasteiger partial charge in [0.15, 0.2) is 0 Å². The largest absolute Gasteiger partial charge is 0.354 e. The van der Waals surface area contributed by atoms with Crippen molar-refractivity contribution in [3.63, 3.8) is 0 Å². The fourth-order valence-electron chi connectivity index (χ4n) is 3.66. The smallest absolute Gasteiger partial charge is 0.244 e. The fourth-order valence-corrected chi connectivity index (χ4v) is 4.85. The van der Waals surface area contributed by atoms with Gasteiger partial charge in [-0.3, -0.25) is 13.9 Å². The van der Waals surface area contributed by atoms with E-state index in [-0.39, 0.29) is 12.5 Å². The molecule has 2 aromatic carbocycles. The first-order valence-corrected chi connectivity index (χ1v) is 14.1. The van der Waals surface area contributed by atoms with Gasteiger partial charge < -0.3 is 10.2 Å². The van der Waals surface area contributed by atoms with Crippen LogP contribution in [0.3, 0.4) is 0 Å². The molecule has 10 heteroatoms. The number of sulfonamides is 1. The number of nitrogens with zero attached hydrogens (tertiary/aromatic N) is 2. The molecule has 0 aliphatic carbocycles. The van der Waals surface area contributed by atoms with Gasteiger partial charge >= 0.3 is 0 Å². The molecule has 2 amide bonds. The number of halogens is 2. The molecule has 0 fully saturated rings. The lowest BCUT2D eigenvalue weighted by molar-refractivity contribution is -0.140. The molecule has 0 unspecified atom stereocenters. The number of hydrogen-bond acceptors (Lipinski definition) is 4. The number of amides is 2. The minimum absolute atomic E-state index is 0.127. The Bertz CT molecular complexity index is 1120. The second-order valence-corrected chi connectivity index (χ2v) is 11.2. The molecular weight excluding hydrogens is 509 g/mol. The van der Waals surface area contributed by atoms with Gasteiger partial charge in [-0.2, -0.15) is 0 Å². The number of nitrogens with one attached hydrogen (secondary N) is 1. The Hall–Kier alpha value is -2.29. The monoisotopic (exact) mass is 541 g/mol. The average Bonchev–Trinajstić information content (AvgIpc) is 2.79. The first-order valence-electron chi connectivity index (χ1n) is 11.5. The highest BCUT2D eigenvalue weighted by atomic mass is 35.5. The molecule has 0 aromatic heterocycles. The third-order valence-electron chi connectivity index (χ3n) is 5.60. The molecule has 1 N–H and O–H groups in total. The fraction of sp³-hybridized carbons (Fsp3) is 0.440. The lowest BCUT2D eigenvalue weighted by Crippen LogP contribution is -2.52. The van der Waals surface area contributed by atoms with Crippen LogP contribution in [0.5, 0.6) is 0 Å². The number of unbranched alkanes of at least 4 members (excludes halogenated alkanes) is 1. The van der Waals surface area contributed by atoms with E-state index in [9.17, 15) is 18.0 Å². The van der Waals surface area contributed by atoms with Gasteiger partial charge in [-0.1, -0.05) is 61.7 Å². The summed E-state index contributed by atoms with van der Waals surface area (Å²) in [5.41, 5.74) is 1.74. The van der Waals surface area contributed by atoms with Crippen LogP contribution in [0.1, 0.15) is 44.2 Å². The molecule has 0 spiro atoms. The summed E-state index contributed by atoms with van der Waals surface area (Å²) in [6.45, 7) is 5.76. The van der Waals surface area contributed by atoms with E-state index in [2.05, 4.69) is 5.32 Å². The van der Waals surface area contributed by atoms with Crippen LogP contribution < -0.4 is 9.62 Å². The zero-order valence-corrected chi connectivity index (χ0v) is 22.9. The molecule has 0 aliphatic rings.